The molecule has 0 spiro atoms. The summed E-state index contributed by atoms with van der Waals surface area (Å²) < 4.78 is 5.42. The highest BCUT2D eigenvalue weighted by Gasteiger charge is 2.29. The molecule has 0 radical (unpaired) electrons. The molecule has 3 nitrogen and oxygen atoms in total. The first kappa shape index (κ1) is 11.1. The third-order valence-electron chi connectivity index (χ3n) is 2.92. The zero-order chi connectivity index (χ0) is 11.5. The van der Waals surface area contributed by atoms with Crippen molar-refractivity contribution in [2.75, 3.05) is 13.2 Å². The Morgan fingerprint density at radius 3 is 2.31 bits per heavy atom. The Hall–Kier alpha value is -1.35. The largest absolute Gasteiger partial charge is 0.377 e. The van der Waals surface area contributed by atoms with Gasteiger partial charge in [0.05, 0.1) is 25.3 Å². The third-order valence-corrected chi connectivity index (χ3v) is 2.92. The van der Waals surface area contributed by atoms with Gasteiger partial charge in [-0.25, -0.2) is 0 Å². The Bertz CT molecular complexity index is 353. The van der Waals surface area contributed by atoms with Crippen molar-refractivity contribution in [1.29, 1.82) is 0 Å². The lowest BCUT2D eigenvalue weighted by atomic mass is 10.1. The van der Waals surface area contributed by atoms with E-state index in [-0.39, 0.29) is 18.0 Å². The van der Waals surface area contributed by atoms with E-state index in [1.54, 1.807) is 0 Å². The van der Waals surface area contributed by atoms with Gasteiger partial charge in [0.15, 0.2) is 0 Å². The SMILES string of the molecule is CC1COCC(C)N1C(=O)c1ccccc1. The van der Waals surface area contributed by atoms with E-state index in [1.807, 2.05) is 49.1 Å². The number of hydrogen-bond acceptors (Lipinski definition) is 2. The first-order valence-electron chi connectivity index (χ1n) is 5.65. The molecule has 0 bridgehead atoms. The smallest absolute Gasteiger partial charge is 0.254 e. The van der Waals surface area contributed by atoms with Crippen LogP contribution in [0.3, 0.4) is 0 Å². The maximum Gasteiger partial charge on any atom is 0.254 e. The maximum absolute atomic E-state index is 12.3. The molecule has 1 aromatic rings. The molecule has 1 amide bonds. The molecule has 1 saturated heterocycles. The third kappa shape index (κ3) is 2.09. The average molecular weight is 219 g/mol. The van der Waals surface area contributed by atoms with E-state index >= 15 is 0 Å². The van der Waals surface area contributed by atoms with Crippen LogP contribution in [0.4, 0.5) is 0 Å². The molecule has 1 fully saturated rings. The van der Waals surface area contributed by atoms with Crippen LogP contribution in [0.5, 0.6) is 0 Å². The van der Waals surface area contributed by atoms with Gasteiger partial charge in [-0.2, -0.15) is 0 Å². The van der Waals surface area contributed by atoms with Gasteiger partial charge in [-0.1, -0.05) is 18.2 Å². The molecule has 1 aliphatic heterocycles. The van der Waals surface area contributed by atoms with Crippen molar-refractivity contribution in [1.82, 2.24) is 4.90 Å². The molecule has 16 heavy (non-hydrogen) atoms. The number of hydrogen-bond donors (Lipinski definition) is 0. The topological polar surface area (TPSA) is 29.5 Å². The van der Waals surface area contributed by atoms with Crippen LogP contribution in [0, 0.1) is 0 Å². The van der Waals surface area contributed by atoms with E-state index in [0.29, 0.717) is 13.2 Å². The number of ether oxygens (including phenoxy) is 1. The summed E-state index contributed by atoms with van der Waals surface area (Å²) in [7, 11) is 0. The van der Waals surface area contributed by atoms with Crippen LogP contribution in [0.2, 0.25) is 0 Å². The normalized spacial score (nSPS) is 25.5. The van der Waals surface area contributed by atoms with Crippen molar-refractivity contribution >= 4 is 5.91 Å². The summed E-state index contributed by atoms with van der Waals surface area (Å²) in [4.78, 5) is 14.2. The van der Waals surface area contributed by atoms with Crippen LogP contribution in [0.1, 0.15) is 24.2 Å². The van der Waals surface area contributed by atoms with Crippen LogP contribution in [0.25, 0.3) is 0 Å². The second kappa shape index (κ2) is 4.66. The second-order valence-electron chi connectivity index (χ2n) is 4.31. The Labute approximate surface area is 96.0 Å². The summed E-state index contributed by atoms with van der Waals surface area (Å²) in [5.74, 6) is 0.101. The van der Waals surface area contributed by atoms with E-state index in [4.69, 9.17) is 4.74 Å². The monoisotopic (exact) mass is 219 g/mol. The molecule has 0 saturated carbocycles. The Morgan fingerprint density at radius 2 is 1.75 bits per heavy atom. The van der Waals surface area contributed by atoms with Crippen molar-refractivity contribution in [2.24, 2.45) is 0 Å². The van der Waals surface area contributed by atoms with Gasteiger partial charge >= 0.3 is 0 Å². The Kier molecular flexibility index (Phi) is 3.25. The molecule has 0 N–H and O–H groups in total. The highest BCUT2D eigenvalue weighted by Crippen LogP contribution is 2.16. The lowest BCUT2D eigenvalue weighted by Crippen LogP contribution is -2.52. The van der Waals surface area contributed by atoms with Crippen molar-refractivity contribution in [3.63, 3.8) is 0 Å². The summed E-state index contributed by atoms with van der Waals surface area (Å²) in [6, 6.07) is 9.72. The minimum absolute atomic E-state index is 0.101. The fourth-order valence-corrected chi connectivity index (χ4v) is 2.13. The van der Waals surface area contributed by atoms with Gasteiger partial charge < -0.3 is 9.64 Å². The molecule has 2 unspecified atom stereocenters. The van der Waals surface area contributed by atoms with Crippen molar-refractivity contribution in [3.05, 3.63) is 35.9 Å². The lowest BCUT2D eigenvalue weighted by molar-refractivity contribution is -0.0249. The summed E-state index contributed by atoms with van der Waals surface area (Å²) >= 11 is 0. The Morgan fingerprint density at radius 1 is 1.19 bits per heavy atom. The number of rotatable bonds is 1. The minimum Gasteiger partial charge on any atom is -0.377 e. The predicted molar refractivity (Wildman–Crippen MR) is 62.4 cm³/mol. The molecule has 3 heteroatoms. The number of morpholine rings is 1. The van der Waals surface area contributed by atoms with Crippen LogP contribution in [0.15, 0.2) is 30.3 Å². The summed E-state index contributed by atoms with van der Waals surface area (Å²) in [6.07, 6.45) is 0. The quantitative estimate of drug-likeness (QED) is 0.722. The average Bonchev–Trinajstić information content (AvgIpc) is 2.30. The molecule has 1 aromatic carbocycles. The van der Waals surface area contributed by atoms with Crippen LogP contribution in [-0.4, -0.2) is 36.1 Å². The van der Waals surface area contributed by atoms with E-state index < -0.39 is 0 Å². The molecule has 0 aliphatic carbocycles. The molecule has 0 aromatic heterocycles. The molecule has 2 atom stereocenters. The number of carbonyl (C=O) groups excluding carboxylic acids is 1. The van der Waals surface area contributed by atoms with Gasteiger partial charge in [-0.15, -0.1) is 0 Å². The van der Waals surface area contributed by atoms with Crippen LogP contribution in [-0.2, 0) is 4.74 Å². The molecule has 2 rings (SSSR count). The van der Waals surface area contributed by atoms with Gasteiger partial charge in [0.25, 0.3) is 5.91 Å². The van der Waals surface area contributed by atoms with Crippen LogP contribution < -0.4 is 0 Å². The van der Waals surface area contributed by atoms with Gasteiger partial charge in [-0.3, -0.25) is 4.79 Å². The Balaban J connectivity index is 2.20. The molecular formula is C13H17NO2. The summed E-state index contributed by atoms with van der Waals surface area (Å²) in [5, 5.41) is 0. The number of nitrogens with zero attached hydrogens (tertiary/aromatic N) is 1. The predicted octanol–water partition coefficient (Wildman–Crippen LogP) is 1.94. The standard InChI is InChI=1S/C13H17NO2/c1-10-8-16-9-11(2)14(10)13(15)12-6-4-3-5-7-12/h3-7,10-11H,8-9H2,1-2H3. The van der Waals surface area contributed by atoms with E-state index in [0.717, 1.165) is 5.56 Å². The maximum atomic E-state index is 12.3. The van der Waals surface area contributed by atoms with Gasteiger partial charge in [0, 0.05) is 5.56 Å². The fraction of sp³-hybridized carbons (Fsp3) is 0.462. The van der Waals surface area contributed by atoms with Gasteiger partial charge in [0.1, 0.15) is 0 Å². The van der Waals surface area contributed by atoms with Crippen LogP contribution >= 0.6 is 0 Å². The molecule has 1 aliphatic rings. The fourth-order valence-electron chi connectivity index (χ4n) is 2.13. The summed E-state index contributed by atoms with van der Waals surface area (Å²) in [5.41, 5.74) is 0.753. The van der Waals surface area contributed by atoms with Crippen molar-refractivity contribution < 1.29 is 9.53 Å². The highest BCUT2D eigenvalue weighted by molar-refractivity contribution is 5.94. The minimum atomic E-state index is 0.101. The van der Waals surface area contributed by atoms with E-state index in [2.05, 4.69) is 0 Å². The lowest BCUT2D eigenvalue weighted by Gasteiger charge is -2.38. The molecular weight excluding hydrogens is 202 g/mol. The number of benzene rings is 1. The second-order valence-corrected chi connectivity index (χ2v) is 4.31. The first-order valence-corrected chi connectivity index (χ1v) is 5.65. The number of amides is 1. The van der Waals surface area contributed by atoms with E-state index in [9.17, 15) is 4.79 Å². The summed E-state index contributed by atoms with van der Waals surface area (Å²) in [6.45, 7) is 5.30. The first-order chi connectivity index (χ1) is 7.70. The highest BCUT2D eigenvalue weighted by atomic mass is 16.5. The zero-order valence-corrected chi connectivity index (χ0v) is 9.72. The van der Waals surface area contributed by atoms with Crippen molar-refractivity contribution in [2.45, 2.75) is 25.9 Å². The van der Waals surface area contributed by atoms with Gasteiger partial charge in [0.2, 0.25) is 0 Å². The van der Waals surface area contributed by atoms with Crippen molar-refractivity contribution in [3.8, 4) is 0 Å². The number of carbonyl (C=O) groups is 1. The molecule has 1 heterocycles. The zero-order valence-electron chi connectivity index (χ0n) is 9.72. The molecule has 86 valence electrons. The van der Waals surface area contributed by atoms with Gasteiger partial charge in [-0.05, 0) is 26.0 Å². The van der Waals surface area contributed by atoms with E-state index in [1.165, 1.54) is 0 Å².